The van der Waals surface area contributed by atoms with E-state index < -0.39 is 4.92 Å². The molecule has 1 rings (SSSR count). The molecule has 0 aliphatic carbocycles. The van der Waals surface area contributed by atoms with Crippen LogP contribution in [0.15, 0.2) is 24.3 Å². The van der Waals surface area contributed by atoms with Gasteiger partial charge in [0.2, 0.25) is 0 Å². The van der Waals surface area contributed by atoms with Crippen LogP contribution in [0, 0.1) is 10.1 Å². The van der Waals surface area contributed by atoms with Crippen molar-refractivity contribution in [1.82, 2.24) is 0 Å². The van der Waals surface area contributed by atoms with Crippen molar-refractivity contribution in [1.29, 1.82) is 0 Å². The van der Waals surface area contributed by atoms with Crippen LogP contribution in [0.2, 0.25) is 0 Å². The van der Waals surface area contributed by atoms with E-state index in [0.717, 1.165) is 11.0 Å². The third kappa shape index (κ3) is 6.42. The molecule has 0 aromatic heterocycles. The molecule has 0 saturated carbocycles. The quantitative estimate of drug-likeness (QED) is 0.286. The predicted octanol–water partition coefficient (Wildman–Crippen LogP) is -1.32. The van der Waals surface area contributed by atoms with Gasteiger partial charge in [-0.1, -0.05) is 0 Å². The van der Waals surface area contributed by atoms with Gasteiger partial charge >= 0.3 is 0 Å². The molecule has 0 spiro atoms. The van der Waals surface area contributed by atoms with Crippen LogP contribution in [0.3, 0.4) is 0 Å². The fourth-order valence-corrected chi connectivity index (χ4v) is 1.10. The molecule has 6 heteroatoms. The van der Waals surface area contributed by atoms with Gasteiger partial charge in [0.15, 0.2) is 0 Å². The number of likely N-dealkylation sites (N-methyl/N-ethyl adjacent to an activating group) is 1. The molecule has 5 nitrogen and oxygen atoms in total. The topological polar surface area (TPSA) is 52.4 Å². The summed E-state index contributed by atoms with van der Waals surface area (Å²) in [5.41, 5.74) is 0.0824. The molecule has 1 aromatic carbocycles. The summed E-state index contributed by atoms with van der Waals surface area (Å²) < 4.78 is 6.30. The Bertz CT molecular complexity index is 360. The highest BCUT2D eigenvalue weighted by atomic mass is 127. The lowest BCUT2D eigenvalue weighted by atomic mass is 10.3. The first-order valence-corrected chi connectivity index (χ1v) is 5.06. The Morgan fingerprint density at radius 1 is 1.24 bits per heavy atom. The second-order valence-corrected chi connectivity index (χ2v) is 4.61. The molecular formula is C11H17IN2O3. The third-order valence-corrected chi connectivity index (χ3v) is 2.08. The molecule has 0 amide bonds. The zero-order valence-electron chi connectivity index (χ0n) is 10.2. The molecule has 0 saturated heterocycles. The average molecular weight is 352 g/mol. The second-order valence-electron chi connectivity index (χ2n) is 4.61. The molecule has 0 atom stereocenters. The highest BCUT2D eigenvalue weighted by Crippen LogP contribution is 2.17. The number of nitro groups is 1. The van der Waals surface area contributed by atoms with Crippen molar-refractivity contribution in [3.8, 4) is 5.75 Å². The van der Waals surface area contributed by atoms with Crippen LogP contribution in [0.4, 0.5) is 5.69 Å². The summed E-state index contributed by atoms with van der Waals surface area (Å²) in [6.07, 6.45) is 0. The molecule has 0 bridgehead atoms. The lowest BCUT2D eigenvalue weighted by molar-refractivity contribution is -0.870. The standard InChI is InChI=1S/C11H17N2O3.HI/c1-13(2,3)8-9-16-11-6-4-10(5-7-11)12(14)15;/h4-7H,8-9H2,1-3H3;1H/q+1;/p-1. The Balaban J connectivity index is 0.00000256. The molecule has 0 unspecified atom stereocenters. The lowest BCUT2D eigenvalue weighted by Crippen LogP contribution is -3.00. The van der Waals surface area contributed by atoms with Crippen molar-refractivity contribution in [2.45, 2.75) is 0 Å². The van der Waals surface area contributed by atoms with Gasteiger partial charge in [0.25, 0.3) is 5.69 Å². The number of rotatable bonds is 5. The Hall–Kier alpha value is -0.890. The minimum Gasteiger partial charge on any atom is -1.00 e. The van der Waals surface area contributed by atoms with Crippen molar-refractivity contribution in [3.05, 3.63) is 34.4 Å². The van der Waals surface area contributed by atoms with E-state index in [1.54, 1.807) is 12.1 Å². The number of nitrogens with zero attached hydrogens (tertiary/aromatic N) is 2. The van der Waals surface area contributed by atoms with Gasteiger partial charge in [-0.3, -0.25) is 10.1 Å². The molecule has 17 heavy (non-hydrogen) atoms. The lowest BCUT2D eigenvalue weighted by Gasteiger charge is -2.23. The minimum absolute atomic E-state index is 0. The SMILES string of the molecule is C[N+](C)(C)CCOc1ccc([N+](=O)[O-])cc1.[I-]. The van der Waals surface area contributed by atoms with Gasteiger partial charge in [-0.2, -0.15) is 0 Å². The summed E-state index contributed by atoms with van der Waals surface area (Å²) in [4.78, 5) is 10.00. The van der Waals surface area contributed by atoms with Crippen LogP contribution in [0.5, 0.6) is 5.75 Å². The summed E-state index contributed by atoms with van der Waals surface area (Å²) >= 11 is 0. The van der Waals surface area contributed by atoms with Crippen LogP contribution in [-0.2, 0) is 0 Å². The maximum absolute atomic E-state index is 10.4. The number of halogens is 1. The number of ether oxygens (including phenoxy) is 1. The zero-order chi connectivity index (χ0) is 12.2. The first kappa shape index (κ1) is 16.1. The first-order chi connectivity index (χ1) is 7.38. The monoisotopic (exact) mass is 352 g/mol. The van der Waals surface area contributed by atoms with Crippen molar-refractivity contribution in [3.63, 3.8) is 0 Å². The Labute approximate surface area is 118 Å². The van der Waals surface area contributed by atoms with E-state index >= 15 is 0 Å². The smallest absolute Gasteiger partial charge is 0.269 e. The molecule has 96 valence electrons. The average Bonchev–Trinajstić information content (AvgIpc) is 2.16. The summed E-state index contributed by atoms with van der Waals surface area (Å²) in [5.74, 6) is 0.666. The summed E-state index contributed by atoms with van der Waals surface area (Å²) in [6, 6.07) is 6.13. The van der Waals surface area contributed by atoms with Gasteiger partial charge in [-0.05, 0) is 12.1 Å². The maximum Gasteiger partial charge on any atom is 0.269 e. The van der Waals surface area contributed by atoms with Gasteiger partial charge in [0.1, 0.15) is 18.9 Å². The van der Waals surface area contributed by atoms with Crippen LogP contribution in [0.25, 0.3) is 0 Å². The van der Waals surface area contributed by atoms with Gasteiger partial charge in [-0.25, -0.2) is 0 Å². The van der Waals surface area contributed by atoms with Crippen LogP contribution in [-0.4, -0.2) is 43.7 Å². The molecular weight excluding hydrogens is 335 g/mol. The van der Waals surface area contributed by atoms with E-state index in [4.69, 9.17) is 4.74 Å². The Morgan fingerprint density at radius 3 is 2.18 bits per heavy atom. The van der Waals surface area contributed by atoms with Gasteiger partial charge < -0.3 is 33.2 Å². The van der Waals surface area contributed by atoms with Crippen LogP contribution < -0.4 is 28.7 Å². The van der Waals surface area contributed by atoms with E-state index in [-0.39, 0.29) is 29.7 Å². The van der Waals surface area contributed by atoms with E-state index in [2.05, 4.69) is 21.1 Å². The molecule has 1 aromatic rings. The normalized spacial score (nSPS) is 10.5. The van der Waals surface area contributed by atoms with Crippen molar-refractivity contribution >= 4 is 5.69 Å². The molecule has 0 fully saturated rings. The van der Waals surface area contributed by atoms with Gasteiger partial charge in [0, 0.05) is 12.1 Å². The zero-order valence-corrected chi connectivity index (χ0v) is 12.4. The Morgan fingerprint density at radius 2 is 1.76 bits per heavy atom. The highest BCUT2D eigenvalue weighted by molar-refractivity contribution is 5.35. The maximum atomic E-state index is 10.4. The number of benzene rings is 1. The van der Waals surface area contributed by atoms with Crippen molar-refractivity contribution in [2.24, 2.45) is 0 Å². The van der Waals surface area contributed by atoms with Gasteiger partial charge in [0.05, 0.1) is 26.1 Å². The number of quaternary nitrogens is 1. The van der Waals surface area contributed by atoms with Crippen molar-refractivity contribution < 1.29 is 38.1 Å². The van der Waals surface area contributed by atoms with E-state index in [1.165, 1.54) is 12.1 Å². The second kappa shape index (κ2) is 6.75. The van der Waals surface area contributed by atoms with E-state index in [1.807, 2.05) is 0 Å². The number of hydrogen-bond acceptors (Lipinski definition) is 3. The molecule has 0 heterocycles. The van der Waals surface area contributed by atoms with Crippen molar-refractivity contribution in [2.75, 3.05) is 34.3 Å². The number of non-ortho nitro benzene ring substituents is 1. The molecule has 0 radical (unpaired) electrons. The Kier molecular flexibility index (Phi) is 6.40. The van der Waals surface area contributed by atoms with Crippen LogP contribution >= 0.6 is 0 Å². The highest BCUT2D eigenvalue weighted by Gasteiger charge is 2.08. The van der Waals surface area contributed by atoms with E-state index in [0.29, 0.717) is 12.4 Å². The predicted molar refractivity (Wildman–Crippen MR) is 61.5 cm³/mol. The third-order valence-electron chi connectivity index (χ3n) is 2.08. The fraction of sp³-hybridized carbons (Fsp3) is 0.455. The van der Waals surface area contributed by atoms with Crippen LogP contribution in [0.1, 0.15) is 0 Å². The largest absolute Gasteiger partial charge is 1.00 e. The molecule has 0 aliphatic heterocycles. The summed E-state index contributed by atoms with van der Waals surface area (Å²) in [5, 5.41) is 10.4. The summed E-state index contributed by atoms with van der Waals surface area (Å²) in [6.45, 7) is 1.48. The molecule has 0 aliphatic rings. The number of nitro benzene ring substituents is 1. The minimum atomic E-state index is -0.421. The first-order valence-electron chi connectivity index (χ1n) is 5.06. The number of hydrogen-bond donors (Lipinski definition) is 0. The van der Waals surface area contributed by atoms with Gasteiger partial charge in [-0.15, -0.1) is 0 Å². The fourth-order valence-electron chi connectivity index (χ4n) is 1.10. The molecule has 0 N–H and O–H groups in total. The van der Waals surface area contributed by atoms with E-state index in [9.17, 15) is 10.1 Å². The summed E-state index contributed by atoms with van der Waals surface area (Å²) in [7, 11) is 6.25.